The number of carboxylic acid groups (broad SMARTS) is 2. The van der Waals surface area contributed by atoms with Crippen LogP contribution in [0.15, 0.2) is 86.1 Å². The summed E-state index contributed by atoms with van der Waals surface area (Å²) < 4.78 is 25.3. The van der Waals surface area contributed by atoms with Gasteiger partial charge < -0.3 is 69.6 Å². The zero-order valence-corrected chi connectivity index (χ0v) is 49.0. The van der Waals surface area contributed by atoms with Crippen LogP contribution in [-0.2, 0) is 73.9 Å². The topological polar surface area (TPSA) is 346 Å². The van der Waals surface area contributed by atoms with Gasteiger partial charge in [0.05, 0.1) is 81.8 Å². The second-order valence-electron chi connectivity index (χ2n) is 20.3. The molecule has 7 aromatic rings. The van der Waals surface area contributed by atoms with Gasteiger partial charge >= 0.3 is 23.9 Å². The van der Waals surface area contributed by atoms with Crippen LogP contribution in [0.2, 0.25) is 0 Å². The van der Waals surface area contributed by atoms with E-state index in [1.165, 1.54) is 14.2 Å². The van der Waals surface area contributed by atoms with Crippen LogP contribution in [0.1, 0.15) is 91.4 Å². The maximum Gasteiger partial charge on any atom is 0.328 e. The number of aromatic amines is 2. The van der Waals surface area contributed by atoms with Crippen LogP contribution in [0, 0.1) is 23.7 Å². The van der Waals surface area contributed by atoms with Crippen molar-refractivity contribution in [3.05, 3.63) is 115 Å². The summed E-state index contributed by atoms with van der Waals surface area (Å²) in [6.45, 7) is 7.89. The van der Waals surface area contributed by atoms with Gasteiger partial charge in [0.2, 0.25) is 5.91 Å². The number of carbonyl (C=O) groups is 7. The number of hydrogen-bond acceptors (Lipinski definition) is 16. The van der Waals surface area contributed by atoms with Crippen molar-refractivity contribution in [3.8, 4) is 11.5 Å². The number of aliphatic carboxylic acids is 2. The van der Waals surface area contributed by atoms with E-state index in [0.29, 0.717) is 53.5 Å². The van der Waals surface area contributed by atoms with Crippen LogP contribution >= 0.6 is 12.4 Å². The standard InChI is InChI=1S/C25H32N4O5.C17H21NO4.C8H13N3O2.C7H11N3O2.ClH/c1-15(2)9-16(10-22(30)20-12-18-19(27-20)7-6-8-23(18)33-4)24(31)28-21(25(32)34-5)11-17-13-29(3)14-26-17;1-10(2)7-11(17(20)21)8-15(19)14-9-12-13(18-14)5-4-6-16(12)22-3;1-11-4-6(10-5-11)3-7(9)8(12)13-2;1-10-3-5(9-4-10)2-6(8)7(11)12;/h6-8,12-16,21,27H,9-11H2,1-5H3,(H,28,31);4-6,9-11,18H,7-8H2,1-3H3,(H,20,21);4-5,7H,3,9H2,1-2H3;3-4,6H,2,8H2,1H3,(H,11,12);1H/t16-,21+;11-;7-;6-;/m1100./s1. The van der Waals surface area contributed by atoms with Crippen molar-refractivity contribution in [1.82, 2.24) is 43.9 Å². The fourth-order valence-electron chi connectivity index (χ4n) is 8.60. The van der Waals surface area contributed by atoms with Gasteiger partial charge in [0, 0.05) is 99.6 Å². The van der Waals surface area contributed by atoms with E-state index >= 15 is 0 Å². The van der Waals surface area contributed by atoms with Crippen LogP contribution in [-0.4, -0.2) is 137 Å². The van der Waals surface area contributed by atoms with Crippen LogP contribution < -0.4 is 26.3 Å². The Hall–Kier alpha value is -8.35. The molecule has 0 saturated carbocycles. The molecule has 2 aromatic carbocycles. The van der Waals surface area contributed by atoms with Gasteiger partial charge in [-0.15, -0.1) is 12.4 Å². The number of benzene rings is 2. The van der Waals surface area contributed by atoms with Crippen molar-refractivity contribution < 1.29 is 62.7 Å². The van der Waals surface area contributed by atoms with Gasteiger partial charge in [-0.25, -0.2) is 19.7 Å². The molecule has 1 amide bonds. The zero-order chi connectivity index (χ0) is 60.1. The highest BCUT2D eigenvalue weighted by Gasteiger charge is 2.30. The number of ether oxygens (including phenoxy) is 4. The highest BCUT2D eigenvalue weighted by Crippen LogP contribution is 2.29. The molecule has 7 rings (SSSR count). The highest BCUT2D eigenvalue weighted by atomic mass is 35.5. The molecule has 5 aromatic heterocycles. The van der Waals surface area contributed by atoms with Crippen molar-refractivity contribution in [1.29, 1.82) is 0 Å². The summed E-state index contributed by atoms with van der Waals surface area (Å²) in [5, 5.41) is 22.2. The average Bonchev–Trinajstić information content (AvgIpc) is 4.39. The normalized spacial score (nSPS) is 12.6. The Balaban J connectivity index is 0.000000314. The van der Waals surface area contributed by atoms with Crippen molar-refractivity contribution in [2.75, 3.05) is 28.4 Å². The number of H-pyrrole nitrogens is 2. The molecule has 0 bridgehead atoms. The molecule has 0 fully saturated rings. The Morgan fingerprint density at radius 3 is 1.35 bits per heavy atom. The first-order valence-corrected chi connectivity index (χ1v) is 26.1. The Morgan fingerprint density at radius 2 is 0.988 bits per heavy atom. The van der Waals surface area contributed by atoms with Crippen LogP contribution in [0.3, 0.4) is 0 Å². The van der Waals surface area contributed by atoms with Crippen LogP contribution in [0.5, 0.6) is 11.5 Å². The maximum absolute atomic E-state index is 13.2. The van der Waals surface area contributed by atoms with E-state index in [2.05, 4.69) is 35.0 Å². The number of nitrogens with two attached hydrogens (primary N) is 2. The summed E-state index contributed by atoms with van der Waals surface area (Å²) in [5.74, 6) is -3.11. The summed E-state index contributed by atoms with van der Waals surface area (Å²) >= 11 is 0. The lowest BCUT2D eigenvalue weighted by Gasteiger charge is -2.22. The van der Waals surface area contributed by atoms with Gasteiger partial charge in [-0.3, -0.25) is 28.8 Å². The Kier molecular flexibility index (Phi) is 27.2. The number of carboxylic acids is 2. The number of aryl methyl sites for hydroxylation is 3. The first kappa shape index (κ1) is 67.9. The molecule has 0 aliphatic heterocycles. The Bertz CT molecular complexity index is 3210. The second kappa shape index (κ2) is 32.8. The number of nitrogens with zero attached hydrogens (tertiary/aromatic N) is 6. The van der Waals surface area contributed by atoms with E-state index in [9.17, 15) is 38.7 Å². The number of amides is 1. The minimum Gasteiger partial charge on any atom is -0.496 e. The minimum absolute atomic E-state index is 0. The first-order valence-electron chi connectivity index (χ1n) is 26.1. The summed E-state index contributed by atoms with van der Waals surface area (Å²) in [6, 6.07) is 12.2. The number of ketones is 2. The lowest BCUT2D eigenvalue weighted by Crippen LogP contribution is -2.46. The van der Waals surface area contributed by atoms with Gasteiger partial charge in [-0.1, -0.05) is 39.8 Å². The summed E-state index contributed by atoms with van der Waals surface area (Å²) in [7, 11) is 11.3. The number of hydrogen-bond donors (Lipinski definition) is 7. The Morgan fingerprint density at radius 1 is 0.585 bits per heavy atom. The van der Waals surface area contributed by atoms with E-state index in [4.69, 9.17) is 30.8 Å². The van der Waals surface area contributed by atoms with Gasteiger partial charge in [0.1, 0.15) is 29.6 Å². The number of halogens is 1. The third-order valence-electron chi connectivity index (χ3n) is 12.6. The minimum atomic E-state index is -0.999. The van der Waals surface area contributed by atoms with E-state index < -0.39 is 53.8 Å². The highest BCUT2D eigenvalue weighted by molar-refractivity contribution is 6.03. The average molecular weight is 1160 g/mol. The second-order valence-corrected chi connectivity index (χ2v) is 20.3. The predicted octanol–water partition coefficient (Wildman–Crippen LogP) is 5.80. The molecule has 5 atom stereocenters. The molecule has 0 radical (unpaired) electrons. The van der Waals surface area contributed by atoms with E-state index in [1.807, 2.05) is 91.4 Å². The van der Waals surface area contributed by atoms with E-state index in [0.717, 1.165) is 27.5 Å². The number of imidazole rings is 3. The van der Waals surface area contributed by atoms with E-state index in [-0.39, 0.29) is 67.4 Å². The first-order chi connectivity index (χ1) is 38.4. The van der Waals surface area contributed by atoms with Crippen LogP contribution in [0.25, 0.3) is 21.8 Å². The number of fused-ring (bicyclic) bond motifs is 2. The largest absolute Gasteiger partial charge is 0.496 e. The molecular formula is C57H78ClN11O13. The third kappa shape index (κ3) is 21.0. The molecular weight excluding hydrogens is 1080 g/mol. The molecule has 24 nitrogen and oxygen atoms in total. The smallest absolute Gasteiger partial charge is 0.328 e. The lowest BCUT2D eigenvalue weighted by molar-refractivity contribution is -0.145. The van der Waals surface area contributed by atoms with Crippen LogP contribution in [0.4, 0.5) is 0 Å². The molecule has 0 saturated heterocycles. The molecule has 0 spiro atoms. The van der Waals surface area contributed by atoms with Gasteiger partial charge in [0.15, 0.2) is 11.6 Å². The molecule has 5 heterocycles. The van der Waals surface area contributed by atoms with Gasteiger partial charge in [-0.2, -0.15) is 0 Å². The molecule has 82 heavy (non-hydrogen) atoms. The third-order valence-corrected chi connectivity index (χ3v) is 12.6. The van der Waals surface area contributed by atoms with Gasteiger partial charge in [0.25, 0.3) is 0 Å². The zero-order valence-electron chi connectivity index (χ0n) is 48.2. The number of Topliss-reactive ketones (excluding diaryl/α,β-unsaturated/α-hetero) is 2. The maximum atomic E-state index is 13.2. The van der Waals surface area contributed by atoms with Crippen molar-refractivity contribution in [2.24, 2.45) is 56.3 Å². The van der Waals surface area contributed by atoms with E-state index in [1.54, 1.807) is 71.4 Å². The monoisotopic (exact) mass is 1160 g/mol. The summed E-state index contributed by atoms with van der Waals surface area (Å²) in [5.41, 5.74) is 15.4. The summed E-state index contributed by atoms with van der Waals surface area (Å²) in [4.78, 5) is 102. The molecule has 0 aliphatic carbocycles. The fraction of sp³-hybridized carbons (Fsp3) is 0.439. The van der Waals surface area contributed by atoms with Crippen molar-refractivity contribution in [2.45, 2.75) is 90.8 Å². The molecule has 9 N–H and O–H groups in total. The molecule has 0 unspecified atom stereocenters. The SMILES string of the molecule is COC(=O)[C@@H](N)Cc1cn(C)cn1.COC(=O)[C@H](Cc1cn(C)cn1)NC(=O)[C@@H](CC(=O)c1cc2c(OC)cccc2[nH]1)CC(C)C.COc1cccc2[nH]c(C(=O)C[C@@H](CC(C)C)C(=O)O)cc12.Cl.Cn1cnc(C[C@H](N)C(=O)O)c1. The molecule has 0 aliphatic rings. The molecule has 446 valence electrons. The van der Waals surface area contributed by atoms with Crippen molar-refractivity contribution in [3.63, 3.8) is 0 Å². The van der Waals surface area contributed by atoms with Crippen molar-refractivity contribution >= 4 is 75.6 Å². The number of methoxy groups -OCH3 is 4. The quantitative estimate of drug-likeness (QED) is 0.0277. The van der Waals surface area contributed by atoms with Gasteiger partial charge in [-0.05, 0) is 61.1 Å². The number of esters is 2. The summed E-state index contributed by atoms with van der Waals surface area (Å²) in [6.07, 6.45) is 12.1. The number of carbonyl (C=O) groups excluding carboxylic acids is 5. The number of aromatic nitrogens is 8. The molecule has 25 heteroatoms. The Labute approximate surface area is 482 Å². The predicted molar refractivity (Wildman–Crippen MR) is 309 cm³/mol. The lowest BCUT2D eigenvalue weighted by atomic mass is 9.90. The number of nitrogens with one attached hydrogen (secondary N) is 3. The fourth-order valence-corrected chi connectivity index (χ4v) is 8.60. The number of rotatable bonds is 24.